The zero-order valence-corrected chi connectivity index (χ0v) is 15.9. The van der Waals surface area contributed by atoms with Gasteiger partial charge in [-0.2, -0.15) is 5.10 Å². The second-order valence-electron chi connectivity index (χ2n) is 5.22. The third-order valence-corrected chi connectivity index (χ3v) is 4.48. The Morgan fingerprint density at radius 1 is 1.04 bits per heavy atom. The van der Waals surface area contributed by atoms with Gasteiger partial charge >= 0.3 is 0 Å². The van der Waals surface area contributed by atoms with E-state index >= 15 is 0 Å². The Balaban J connectivity index is 1.63. The van der Waals surface area contributed by atoms with Gasteiger partial charge in [-0.15, -0.1) is 0 Å². The Kier molecular flexibility index (Phi) is 5.81. The van der Waals surface area contributed by atoms with E-state index in [9.17, 15) is 0 Å². The number of aromatic nitrogens is 2. The van der Waals surface area contributed by atoms with Crippen LogP contribution >= 0.6 is 47.0 Å². The quantitative estimate of drug-likeness (QED) is 0.540. The lowest BCUT2D eigenvalue weighted by Gasteiger charge is -2.10. The van der Waals surface area contributed by atoms with Gasteiger partial charge in [-0.1, -0.05) is 53.0 Å². The molecule has 0 aliphatic carbocycles. The van der Waals surface area contributed by atoms with Gasteiger partial charge in [0.05, 0.1) is 29.1 Å². The van der Waals surface area contributed by atoms with E-state index in [-0.39, 0.29) is 0 Å². The Morgan fingerprint density at radius 2 is 1.84 bits per heavy atom. The number of anilines is 2. The Morgan fingerprint density at radius 3 is 2.60 bits per heavy atom. The third kappa shape index (κ3) is 4.86. The zero-order valence-electron chi connectivity index (χ0n) is 12.8. The molecule has 2 N–H and O–H groups in total. The minimum absolute atomic E-state index is 0.428. The van der Waals surface area contributed by atoms with E-state index in [0.717, 1.165) is 16.9 Å². The van der Waals surface area contributed by atoms with Gasteiger partial charge in [0.25, 0.3) is 0 Å². The van der Waals surface area contributed by atoms with E-state index in [1.807, 2.05) is 30.5 Å². The first-order valence-corrected chi connectivity index (χ1v) is 8.84. The molecular formula is C17H13Cl3N4S. The lowest BCUT2D eigenvalue weighted by atomic mass is 10.2. The van der Waals surface area contributed by atoms with Crippen LogP contribution in [-0.4, -0.2) is 14.9 Å². The van der Waals surface area contributed by atoms with Crippen LogP contribution in [0.2, 0.25) is 15.1 Å². The van der Waals surface area contributed by atoms with E-state index in [1.54, 1.807) is 29.1 Å². The van der Waals surface area contributed by atoms with Gasteiger partial charge in [0.2, 0.25) is 0 Å². The smallest absolute Gasteiger partial charge is 0.175 e. The van der Waals surface area contributed by atoms with Crippen molar-refractivity contribution in [3.63, 3.8) is 0 Å². The van der Waals surface area contributed by atoms with Crippen molar-refractivity contribution >= 4 is 63.5 Å². The fourth-order valence-electron chi connectivity index (χ4n) is 2.19. The highest BCUT2D eigenvalue weighted by molar-refractivity contribution is 7.80. The van der Waals surface area contributed by atoms with Crippen LogP contribution in [-0.2, 0) is 6.54 Å². The number of rotatable bonds is 4. The van der Waals surface area contributed by atoms with Crippen LogP contribution < -0.4 is 10.6 Å². The first-order valence-electron chi connectivity index (χ1n) is 7.30. The monoisotopic (exact) mass is 410 g/mol. The van der Waals surface area contributed by atoms with Crippen LogP contribution in [0.5, 0.6) is 0 Å². The maximum absolute atomic E-state index is 6.19. The van der Waals surface area contributed by atoms with Crippen molar-refractivity contribution < 1.29 is 0 Å². The summed E-state index contributed by atoms with van der Waals surface area (Å²) in [7, 11) is 0. The van der Waals surface area contributed by atoms with E-state index < -0.39 is 0 Å². The number of thiocarbonyl (C=S) groups is 1. The summed E-state index contributed by atoms with van der Waals surface area (Å²) in [5.41, 5.74) is 2.43. The number of para-hydroxylation sites is 1. The molecule has 3 aromatic rings. The molecule has 0 spiro atoms. The summed E-state index contributed by atoms with van der Waals surface area (Å²) in [5, 5.41) is 12.7. The summed E-state index contributed by atoms with van der Waals surface area (Å²) in [6, 6.07) is 12.8. The first kappa shape index (κ1) is 18.0. The second kappa shape index (κ2) is 8.06. The standard InChI is InChI=1S/C17H13Cl3N4S/c18-12-6-5-11(15(20)7-12)9-24-10-13(8-21-24)22-17(25)23-16-4-2-1-3-14(16)19/h1-8,10H,9H2,(H2,22,23,25). The second-order valence-corrected chi connectivity index (χ2v) is 6.88. The van der Waals surface area contributed by atoms with Crippen LogP contribution in [0.4, 0.5) is 11.4 Å². The fraction of sp³-hybridized carbons (Fsp3) is 0.0588. The Hall–Kier alpha value is -1.79. The molecule has 0 saturated carbocycles. The summed E-state index contributed by atoms with van der Waals surface area (Å²) in [4.78, 5) is 0. The average Bonchev–Trinajstić information content (AvgIpc) is 2.99. The molecule has 25 heavy (non-hydrogen) atoms. The average molecular weight is 412 g/mol. The molecule has 0 bridgehead atoms. The van der Waals surface area contributed by atoms with Gasteiger partial charge in [0.1, 0.15) is 0 Å². The van der Waals surface area contributed by atoms with Crippen molar-refractivity contribution in [2.24, 2.45) is 0 Å². The normalized spacial score (nSPS) is 10.5. The molecule has 0 aliphatic rings. The molecule has 0 saturated heterocycles. The van der Waals surface area contributed by atoms with Crippen LogP contribution in [0.15, 0.2) is 54.9 Å². The van der Waals surface area contributed by atoms with Crippen molar-refractivity contribution in [2.75, 3.05) is 10.6 Å². The van der Waals surface area contributed by atoms with E-state index in [1.165, 1.54) is 0 Å². The van der Waals surface area contributed by atoms with Crippen LogP contribution in [0.3, 0.4) is 0 Å². The molecule has 0 atom stereocenters. The van der Waals surface area contributed by atoms with Gasteiger partial charge < -0.3 is 10.6 Å². The lowest BCUT2D eigenvalue weighted by molar-refractivity contribution is 0.687. The summed E-state index contributed by atoms with van der Waals surface area (Å²) >= 11 is 23.5. The molecule has 1 heterocycles. The maximum Gasteiger partial charge on any atom is 0.175 e. The first-order chi connectivity index (χ1) is 12.0. The number of nitrogens with zero attached hydrogens (tertiary/aromatic N) is 2. The zero-order chi connectivity index (χ0) is 17.8. The predicted octanol–water partition coefficient (Wildman–Crippen LogP) is 5.70. The summed E-state index contributed by atoms with van der Waals surface area (Å²) in [5.74, 6) is 0. The fourth-order valence-corrected chi connectivity index (χ4v) is 3.07. The highest BCUT2D eigenvalue weighted by Crippen LogP contribution is 2.23. The minimum Gasteiger partial charge on any atom is -0.331 e. The molecule has 0 amide bonds. The number of benzene rings is 2. The molecule has 1 aromatic heterocycles. The molecule has 8 heteroatoms. The molecular weight excluding hydrogens is 399 g/mol. The van der Waals surface area contributed by atoms with Crippen molar-refractivity contribution in [1.29, 1.82) is 0 Å². The summed E-state index contributed by atoms with van der Waals surface area (Å²) < 4.78 is 1.76. The van der Waals surface area contributed by atoms with Gasteiger partial charge in [-0.3, -0.25) is 4.68 Å². The molecule has 3 rings (SSSR count). The van der Waals surface area contributed by atoms with E-state index in [2.05, 4.69) is 15.7 Å². The summed E-state index contributed by atoms with van der Waals surface area (Å²) in [6.45, 7) is 0.530. The van der Waals surface area contributed by atoms with Crippen molar-refractivity contribution in [3.05, 3.63) is 75.5 Å². The van der Waals surface area contributed by atoms with E-state index in [0.29, 0.717) is 26.7 Å². The molecule has 0 unspecified atom stereocenters. The molecule has 128 valence electrons. The number of halogens is 3. The van der Waals surface area contributed by atoms with E-state index in [4.69, 9.17) is 47.0 Å². The van der Waals surface area contributed by atoms with Crippen LogP contribution in [0, 0.1) is 0 Å². The maximum atomic E-state index is 6.19. The number of hydrogen-bond acceptors (Lipinski definition) is 2. The van der Waals surface area contributed by atoms with Crippen molar-refractivity contribution in [2.45, 2.75) is 6.54 Å². The Bertz CT molecular complexity index is 910. The minimum atomic E-state index is 0.428. The third-order valence-electron chi connectivity index (χ3n) is 3.36. The number of nitrogens with one attached hydrogen (secondary N) is 2. The molecule has 0 aliphatic heterocycles. The van der Waals surface area contributed by atoms with Gasteiger partial charge in [0.15, 0.2) is 5.11 Å². The van der Waals surface area contributed by atoms with Gasteiger partial charge in [-0.25, -0.2) is 0 Å². The van der Waals surface area contributed by atoms with Gasteiger partial charge in [0, 0.05) is 16.2 Å². The predicted molar refractivity (Wildman–Crippen MR) is 109 cm³/mol. The molecule has 4 nitrogen and oxygen atoms in total. The highest BCUT2D eigenvalue weighted by atomic mass is 35.5. The Labute approximate surface area is 165 Å². The number of hydrogen-bond donors (Lipinski definition) is 2. The van der Waals surface area contributed by atoms with Crippen molar-refractivity contribution in [1.82, 2.24) is 9.78 Å². The SMILES string of the molecule is S=C(Nc1cnn(Cc2ccc(Cl)cc2Cl)c1)Nc1ccccc1Cl. The van der Waals surface area contributed by atoms with Crippen molar-refractivity contribution in [3.8, 4) is 0 Å². The highest BCUT2D eigenvalue weighted by Gasteiger charge is 2.06. The van der Waals surface area contributed by atoms with Gasteiger partial charge in [-0.05, 0) is 42.0 Å². The van der Waals surface area contributed by atoms with Crippen LogP contribution in [0.25, 0.3) is 0 Å². The molecule has 0 radical (unpaired) electrons. The topological polar surface area (TPSA) is 41.9 Å². The molecule has 2 aromatic carbocycles. The summed E-state index contributed by atoms with van der Waals surface area (Å²) in [6.07, 6.45) is 3.52. The largest absolute Gasteiger partial charge is 0.331 e. The van der Waals surface area contributed by atoms with Crippen LogP contribution in [0.1, 0.15) is 5.56 Å². The lowest BCUT2D eigenvalue weighted by Crippen LogP contribution is -2.18. The molecule has 0 fully saturated rings.